The molecule has 2 rings (SSSR count). The quantitative estimate of drug-likeness (QED) is 0.909. The van der Waals surface area contributed by atoms with Crippen molar-refractivity contribution in [1.82, 2.24) is 14.8 Å². The Labute approximate surface area is 125 Å². The molecule has 0 spiro atoms. The highest BCUT2D eigenvalue weighted by Crippen LogP contribution is 2.27. The van der Waals surface area contributed by atoms with Gasteiger partial charge in [-0.25, -0.2) is 4.39 Å². The maximum atomic E-state index is 13.6. The molecule has 0 amide bonds. The zero-order valence-corrected chi connectivity index (χ0v) is 13.1. The molecule has 1 unspecified atom stereocenters. The molecule has 4 nitrogen and oxygen atoms in total. The van der Waals surface area contributed by atoms with E-state index in [9.17, 15) is 9.50 Å². The summed E-state index contributed by atoms with van der Waals surface area (Å²) in [5, 5.41) is 14.7. The molecule has 0 fully saturated rings. The first-order valence-corrected chi connectivity index (χ1v) is 7.40. The van der Waals surface area contributed by atoms with Crippen molar-refractivity contribution in [3.8, 4) is 0 Å². The SMILES string of the molecule is CCc1nn(CC)c(CC(O)c2ncccc2F)c1Br. The van der Waals surface area contributed by atoms with E-state index in [0.29, 0.717) is 6.54 Å². The van der Waals surface area contributed by atoms with Crippen LogP contribution in [-0.4, -0.2) is 19.9 Å². The Balaban J connectivity index is 2.30. The molecule has 1 atom stereocenters. The van der Waals surface area contributed by atoms with E-state index < -0.39 is 11.9 Å². The van der Waals surface area contributed by atoms with E-state index in [1.807, 2.05) is 18.5 Å². The van der Waals surface area contributed by atoms with Gasteiger partial charge < -0.3 is 5.11 Å². The topological polar surface area (TPSA) is 50.9 Å². The third-order valence-corrected chi connectivity index (χ3v) is 4.10. The molecule has 0 bridgehead atoms. The van der Waals surface area contributed by atoms with Gasteiger partial charge in [-0.15, -0.1) is 0 Å². The molecule has 0 aromatic carbocycles. The highest BCUT2D eigenvalue weighted by Gasteiger charge is 2.21. The number of nitrogens with zero attached hydrogens (tertiary/aromatic N) is 3. The van der Waals surface area contributed by atoms with Gasteiger partial charge in [0, 0.05) is 19.2 Å². The van der Waals surface area contributed by atoms with Crippen LogP contribution in [0.3, 0.4) is 0 Å². The maximum absolute atomic E-state index is 13.6. The van der Waals surface area contributed by atoms with Gasteiger partial charge in [-0.1, -0.05) is 6.92 Å². The van der Waals surface area contributed by atoms with E-state index in [-0.39, 0.29) is 12.1 Å². The molecular formula is C14H17BrFN3O. The number of hydrogen-bond acceptors (Lipinski definition) is 3. The fraction of sp³-hybridized carbons (Fsp3) is 0.429. The summed E-state index contributed by atoms with van der Waals surface area (Å²) >= 11 is 3.51. The van der Waals surface area contributed by atoms with Crippen molar-refractivity contribution in [2.24, 2.45) is 0 Å². The van der Waals surface area contributed by atoms with Crippen LogP contribution in [0, 0.1) is 5.82 Å². The molecule has 0 radical (unpaired) electrons. The van der Waals surface area contributed by atoms with Gasteiger partial charge in [0.25, 0.3) is 0 Å². The molecule has 6 heteroatoms. The number of hydrogen-bond donors (Lipinski definition) is 1. The van der Waals surface area contributed by atoms with Crippen molar-refractivity contribution in [3.05, 3.63) is 45.7 Å². The number of pyridine rings is 1. The lowest BCUT2D eigenvalue weighted by atomic mass is 10.1. The van der Waals surface area contributed by atoms with Crippen molar-refractivity contribution in [2.45, 2.75) is 39.3 Å². The third-order valence-electron chi connectivity index (χ3n) is 3.18. The first-order chi connectivity index (χ1) is 9.58. The van der Waals surface area contributed by atoms with Crippen molar-refractivity contribution < 1.29 is 9.50 Å². The van der Waals surface area contributed by atoms with Gasteiger partial charge in [0.1, 0.15) is 17.6 Å². The second-order valence-corrected chi connectivity index (χ2v) is 5.26. The average Bonchev–Trinajstić information content (AvgIpc) is 2.75. The molecule has 2 heterocycles. The lowest BCUT2D eigenvalue weighted by Crippen LogP contribution is -2.11. The minimum absolute atomic E-state index is 0.0706. The summed E-state index contributed by atoms with van der Waals surface area (Å²) in [7, 11) is 0. The summed E-state index contributed by atoms with van der Waals surface area (Å²) in [5.74, 6) is -0.491. The summed E-state index contributed by atoms with van der Waals surface area (Å²) in [6.07, 6.45) is 1.56. The average molecular weight is 342 g/mol. The van der Waals surface area contributed by atoms with E-state index in [1.54, 1.807) is 0 Å². The first kappa shape index (κ1) is 15.1. The summed E-state index contributed by atoms with van der Waals surface area (Å²) in [6, 6.07) is 2.81. The number of aromatic nitrogens is 3. The van der Waals surface area contributed by atoms with Crippen LogP contribution in [0.4, 0.5) is 4.39 Å². The zero-order chi connectivity index (χ0) is 14.7. The van der Waals surface area contributed by atoms with Crippen LogP contribution in [0.5, 0.6) is 0 Å². The van der Waals surface area contributed by atoms with Crippen LogP contribution in [0.1, 0.15) is 37.0 Å². The van der Waals surface area contributed by atoms with Crippen LogP contribution in [-0.2, 0) is 19.4 Å². The molecule has 0 aliphatic rings. The second kappa shape index (κ2) is 6.45. The normalized spacial score (nSPS) is 12.7. The van der Waals surface area contributed by atoms with Gasteiger partial charge in [-0.05, 0) is 41.4 Å². The Hall–Kier alpha value is -1.27. The molecule has 0 aliphatic heterocycles. The fourth-order valence-electron chi connectivity index (χ4n) is 2.14. The summed E-state index contributed by atoms with van der Waals surface area (Å²) in [4.78, 5) is 3.92. The Morgan fingerprint density at radius 3 is 2.80 bits per heavy atom. The Morgan fingerprint density at radius 1 is 1.45 bits per heavy atom. The van der Waals surface area contributed by atoms with E-state index in [2.05, 4.69) is 26.0 Å². The lowest BCUT2D eigenvalue weighted by Gasteiger charge is -2.12. The molecule has 0 saturated heterocycles. The number of halogens is 2. The molecular weight excluding hydrogens is 325 g/mol. The summed E-state index contributed by atoms with van der Waals surface area (Å²) in [6.45, 7) is 4.70. The predicted molar refractivity (Wildman–Crippen MR) is 77.8 cm³/mol. The minimum Gasteiger partial charge on any atom is -0.386 e. The summed E-state index contributed by atoms with van der Waals surface area (Å²) < 4.78 is 16.4. The molecule has 1 N–H and O–H groups in total. The lowest BCUT2D eigenvalue weighted by molar-refractivity contribution is 0.165. The zero-order valence-electron chi connectivity index (χ0n) is 11.5. The number of aryl methyl sites for hydroxylation is 2. The number of rotatable bonds is 5. The fourth-order valence-corrected chi connectivity index (χ4v) is 2.86. The minimum atomic E-state index is -0.987. The predicted octanol–water partition coefficient (Wildman–Crippen LogP) is 3.04. The van der Waals surface area contributed by atoms with E-state index in [4.69, 9.17) is 0 Å². The molecule has 108 valence electrons. The van der Waals surface area contributed by atoms with Crippen LogP contribution >= 0.6 is 15.9 Å². The van der Waals surface area contributed by atoms with Gasteiger partial charge in [0.2, 0.25) is 0 Å². The molecule has 20 heavy (non-hydrogen) atoms. The highest BCUT2D eigenvalue weighted by atomic mass is 79.9. The van der Waals surface area contributed by atoms with Gasteiger partial charge in [0.05, 0.1) is 15.9 Å². The Bertz CT molecular complexity index is 600. The van der Waals surface area contributed by atoms with Gasteiger partial charge in [-0.2, -0.15) is 5.10 Å². The smallest absolute Gasteiger partial charge is 0.147 e. The highest BCUT2D eigenvalue weighted by molar-refractivity contribution is 9.10. The van der Waals surface area contributed by atoms with E-state index in [1.165, 1.54) is 18.3 Å². The maximum Gasteiger partial charge on any atom is 0.147 e. The number of aliphatic hydroxyl groups excluding tert-OH is 1. The second-order valence-electron chi connectivity index (χ2n) is 4.47. The third kappa shape index (κ3) is 2.91. The van der Waals surface area contributed by atoms with Crippen LogP contribution in [0.15, 0.2) is 22.8 Å². The van der Waals surface area contributed by atoms with Crippen molar-refractivity contribution in [2.75, 3.05) is 0 Å². The monoisotopic (exact) mass is 341 g/mol. The Morgan fingerprint density at radius 2 is 2.20 bits per heavy atom. The van der Waals surface area contributed by atoms with Crippen LogP contribution < -0.4 is 0 Å². The number of aliphatic hydroxyl groups is 1. The standard InChI is InChI=1S/C14H17BrFN3O/c1-3-10-13(15)11(19(4-2)18-10)8-12(20)14-9(16)6-5-7-17-14/h5-7,12,20H,3-4,8H2,1-2H3. The first-order valence-electron chi connectivity index (χ1n) is 6.60. The van der Waals surface area contributed by atoms with Crippen molar-refractivity contribution in [3.63, 3.8) is 0 Å². The van der Waals surface area contributed by atoms with Crippen molar-refractivity contribution in [1.29, 1.82) is 0 Å². The largest absolute Gasteiger partial charge is 0.386 e. The molecule has 2 aromatic heterocycles. The Kier molecular flexibility index (Phi) is 4.88. The van der Waals surface area contributed by atoms with Gasteiger partial charge >= 0.3 is 0 Å². The van der Waals surface area contributed by atoms with Crippen LogP contribution in [0.2, 0.25) is 0 Å². The van der Waals surface area contributed by atoms with Gasteiger partial charge in [0.15, 0.2) is 0 Å². The molecule has 2 aromatic rings. The molecule has 0 aliphatic carbocycles. The van der Waals surface area contributed by atoms with E-state index in [0.717, 1.165) is 22.3 Å². The summed E-state index contributed by atoms with van der Waals surface area (Å²) in [5.41, 5.74) is 1.87. The van der Waals surface area contributed by atoms with Crippen molar-refractivity contribution >= 4 is 15.9 Å². The molecule has 0 saturated carbocycles. The van der Waals surface area contributed by atoms with Crippen LogP contribution in [0.25, 0.3) is 0 Å². The van der Waals surface area contributed by atoms with Gasteiger partial charge in [-0.3, -0.25) is 9.67 Å². The van der Waals surface area contributed by atoms with E-state index >= 15 is 0 Å².